The lowest BCUT2D eigenvalue weighted by Gasteiger charge is -2.02. The van der Waals surface area contributed by atoms with E-state index in [4.69, 9.17) is 4.78 Å². The zero-order valence-corrected chi connectivity index (χ0v) is 8.27. The Balaban J connectivity index is 3.40. The predicted octanol–water partition coefficient (Wildman–Crippen LogP) is 0.504. The van der Waals surface area contributed by atoms with E-state index in [9.17, 15) is 9.00 Å². The van der Waals surface area contributed by atoms with Crippen LogP contribution in [0.1, 0.15) is 12.6 Å². The van der Waals surface area contributed by atoms with Gasteiger partial charge in [-0.3, -0.25) is 9.78 Å². The molecule has 0 amide bonds. The average Bonchev–Trinajstić information content (AvgIpc) is 2.02. The van der Waals surface area contributed by atoms with Gasteiger partial charge in [0.1, 0.15) is 9.73 Å². The first-order valence-corrected chi connectivity index (χ1v) is 5.53. The van der Waals surface area contributed by atoms with Crippen molar-refractivity contribution in [2.75, 3.05) is 5.75 Å². The van der Waals surface area contributed by atoms with Crippen LogP contribution in [0, 0.1) is 11.7 Å². The summed E-state index contributed by atoms with van der Waals surface area (Å²) < 4.78 is 18.9. The van der Waals surface area contributed by atoms with Crippen LogP contribution in [0.5, 0.6) is 0 Å². The first-order chi connectivity index (χ1) is 5.95. The van der Waals surface area contributed by atoms with Crippen molar-refractivity contribution in [2.45, 2.75) is 19.0 Å². The second-order valence-electron chi connectivity index (χ2n) is 2.66. The van der Waals surface area contributed by atoms with Crippen molar-refractivity contribution in [1.82, 2.24) is 9.97 Å². The minimum absolute atomic E-state index is 0.0278. The lowest BCUT2D eigenvalue weighted by molar-refractivity contribution is 0.665. The molecule has 2 N–H and O–H groups in total. The summed E-state index contributed by atoms with van der Waals surface area (Å²) in [6, 6.07) is 1.30. The number of rotatable bonds is 2. The van der Waals surface area contributed by atoms with E-state index in [0.29, 0.717) is 5.69 Å². The molecule has 0 saturated heterocycles. The first-order valence-electron chi connectivity index (χ1n) is 3.80. The van der Waals surface area contributed by atoms with E-state index in [-0.39, 0.29) is 16.5 Å². The lowest BCUT2D eigenvalue weighted by atomic mass is 10.5. The van der Waals surface area contributed by atoms with Crippen LogP contribution >= 0.6 is 0 Å². The van der Waals surface area contributed by atoms with Crippen LogP contribution in [-0.2, 0) is 9.73 Å². The molecule has 1 aromatic rings. The molecular weight excluding hydrogens is 190 g/mol. The topological polar surface area (TPSA) is 86.7 Å². The normalized spacial score (nSPS) is 15.2. The summed E-state index contributed by atoms with van der Waals surface area (Å²) in [6.07, 6.45) is 0. The molecule has 1 rings (SSSR count). The van der Waals surface area contributed by atoms with Crippen molar-refractivity contribution < 1.29 is 4.21 Å². The minimum atomic E-state index is -2.91. The average molecular weight is 201 g/mol. The molecular formula is C7H11N3O2S. The number of hydrogen-bond donors (Lipinski definition) is 2. The zero-order valence-electron chi connectivity index (χ0n) is 7.46. The Labute approximate surface area is 76.2 Å². The number of nitrogens with zero attached hydrogens (tertiary/aromatic N) is 1. The van der Waals surface area contributed by atoms with Crippen LogP contribution < -0.4 is 5.56 Å². The molecule has 0 saturated carbocycles. The maximum Gasteiger partial charge on any atom is 0.251 e. The third-order valence-corrected chi connectivity index (χ3v) is 3.20. The fourth-order valence-electron chi connectivity index (χ4n) is 0.844. The third-order valence-electron chi connectivity index (χ3n) is 1.57. The number of aromatic nitrogens is 2. The maximum absolute atomic E-state index is 11.5. The molecule has 0 fully saturated rings. The van der Waals surface area contributed by atoms with Crippen LogP contribution in [0.25, 0.3) is 0 Å². The lowest BCUT2D eigenvalue weighted by Crippen LogP contribution is -2.16. The number of H-pyrrole nitrogens is 1. The summed E-state index contributed by atoms with van der Waals surface area (Å²) in [7, 11) is -2.91. The quantitative estimate of drug-likeness (QED) is 0.683. The van der Waals surface area contributed by atoms with Crippen LogP contribution in [0.4, 0.5) is 0 Å². The van der Waals surface area contributed by atoms with E-state index < -0.39 is 9.73 Å². The van der Waals surface area contributed by atoms with Gasteiger partial charge in [-0.2, -0.15) is 0 Å². The Morgan fingerprint density at radius 3 is 2.77 bits per heavy atom. The van der Waals surface area contributed by atoms with Crippen LogP contribution in [-0.4, -0.2) is 19.9 Å². The molecule has 13 heavy (non-hydrogen) atoms. The Bertz CT molecular complexity index is 461. The van der Waals surface area contributed by atoms with E-state index in [2.05, 4.69) is 9.97 Å². The first kappa shape index (κ1) is 9.91. The van der Waals surface area contributed by atoms with Gasteiger partial charge in [0.15, 0.2) is 0 Å². The molecule has 6 heteroatoms. The summed E-state index contributed by atoms with van der Waals surface area (Å²) in [6.45, 7) is 3.25. The second-order valence-corrected chi connectivity index (χ2v) is 4.97. The van der Waals surface area contributed by atoms with Gasteiger partial charge in [-0.15, -0.1) is 0 Å². The maximum atomic E-state index is 11.5. The molecule has 0 aromatic carbocycles. The zero-order chi connectivity index (χ0) is 10.1. The van der Waals surface area contributed by atoms with E-state index >= 15 is 0 Å². The van der Waals surface area contributed by atoms with Gasteiger partial charge in [0.2, 0.25) is 5.16 Å². The summed E-state index contributed by atoms with van der Waals surface area (Å²) in [4.78, 5) is 17.1. The fourth-order valence-corrected chi connectivity index (χ4v) is 1.67. The van der Waals surface area contributed by atoms with Gasteiger partial charge >= 0.3 is 0 Å². The molecule has 0 aliphatic heterocycles. The standard InChI is InChI=1S/C7H11N3O2S/c1-3-13(8,12)7-9-5(2)4-6(11)10-7/h4,8H,3H2,1-2H3,(H,9,10,11)/t13-/m0/s1. The number of nitrogens with one attached hydrogen (secondary N) is 2. The van der Waals surface area contributed by atoms with Crippen molar-refractivity contribution in [1.29, 1.82) is 4.78 Å². The fraction of sp³-hybridized carbons (Fsp3) is 0.429. The molecule has 0 unspecified atom stereocenters. The van der Waals surface area contributed by atoms with Gasteiger partial charge in [-0.25, -0.2) is 14.0 Å². The summed E-state index contributed by atoms with van der Waals surface area (Å²) in [5.41, 5.74) is 0.114. The molecule has 72 valence electrons. The van der Waals surface area contributed by atoms with Gasteiger partial charge < -0.3 is 0 Å². The molecule has 5 nitrogen and oxygen atoms in total. The Morgan fingerprint density at radius 2 is 2.31 bits per heavy atom. The summed E-state index contributed by atoms with van der Waals surface area (Å²) in [5, 5.41) is -0.0278. The number of aromatic amines is 1. The van der Waals surface area contributed by atoms with Gasteiger partial charge in [0.25, 0.3) is 5.56 Å². The van der Waals surface area contributed by atoms with E-state index in [1.165, 1.54) is 6.07 Å². The highest BCUT2D eigenvalue weighted by molar-refractivity contribution is 7.92. The molecule has 0 spiro atoms. The monoisotopic (exact) mass is 201 g/mol. The molecule has 1 atom stereocenters. The molecule has 0 aliphatic carbocycles. The summed E-state index contributed by atoms with van der Waals surface area (Å²) >= 11 is 0. The third kappa shape index (κ3) is 2.15. The summed E-state index contributed by atoms with van der Waals surface area (Å²) in [5.74, 6) is 0.152. The second kappa shape index (κ2) is 3.29. The SMILES string of the molecule is CC[S@](=N)(=O)c1nc(C)cc(=O)[nH]1. The van der Waals surface area contributed by atoms with Crippen molar-refractivity contribution >= 4 is 9.73 Å². The highest BCUT2D eigenvalue weighted by Gasteiger charge is 2.10. The highest BCUT2D eigenvalue weighted by Crippen LogP contribution is 2.03. The largest absolute Gasteiger partial charge is 0.299 e. The van der Waals surface area contributed by atoms with Crippen molar-refractivity contribution in [3.05, 3.63) is 22.1 Å². The molecule has 1 heterocycles. The van der Waals surface area contributed by atoms with Crippen LogP contribution in [0.2, 0.25) is 0 Å². The van der Waals surface area contributed by atoms with Gasteiger partial charge in [-0.05, 0) is 6.92 Å². The van der Waals surface area contributed by atoms with Crippen molar-refractivity contribution in [3.63, 3.8) is 0 Å². The van der Waals surface area contributed by atoms with Gasteiger partial charge in [0, 0.05) is 17.5 Å². The van der Waals surface area contributed by atoms with Crippen molar-refractivity contribution in [2.24, 2.45) is 0 Å². The molecule has 0 aliphatic rings. The molecule has 1 aromatic heterocycles. The minimum Gasteiger partial charge on any atom is -0.299 e. The Morgan fingerprint density at radius 1 is 1.69 bits per heavy atom. The Hall–Kier alpha value is -1.17. The smallest absolute Gasteiger partial charge is 0.251 e. The van der Waals surface area contributed by atoms with E-state index in [1.807, 2.05) is 0 Å². The Kier molecular flexibility index (Phi) is 2.51. The van der Waals surface area contributed by atoms with Gasteiger partial charge in [-0.1, -0.05) is 6.92 Å². The van der Waals surface area contributed by atoms with Crippen LogP contribution in [0.3, 0.4) is 0 Å². The van der Waals surface area contributed by atoms with Gasteiger partial charge in [0.05, 0.1) is 0 Å². The molecule has 0 bridgehead atoms. The molecule has 0 radical (unpaired) electrons. The number of aryl methyl sites for hydroxylation is 1. The number of hydrogen-bond acceptors (Lipinski definition) is 4. The highest BCUT2D eigenvalue weighted by atomic mass is 32.2. The van der Waals surface area contributed by atoms with Crippen molar-refractivity contribution in [3.8, 4) is 0 Å². The predicted molar refractivity (Wildman–Crippen MR) is 49.3 cm³/mol. The van der Waals surface area contributed by atoms with E-state index in [1.54, 1.807) is 13.8 Å². The van der Waals surface area contributed by atoms with E-state index in [0.717, 1.165) is 0 Å². The van der Waals surface area contributed by atoms with Crippen LogP contribution in [0.15, 0.2) is 16.0 Å².